The van der Waals surface area contributed by atoms with Crippen molar-refractivity contribution in [1.82, 2.24) is 0 Å². The van der Waals surface area contributed by atoms with Crippen molar-refractivity contribution in [3.63, 3.8) is 0 Å². The SMILES string of the molecule is CCOc1ccc(NC(C)c2ccccc2)c(C)c1. The van der Waals surface area contributed by atoms with E-state index in [0.29, 0.717) is 6.61 Å². The van der Waals surface area contributed by atoms with Crippen LogP contribution in [0.2, 0.25) is 0 Å². The van der Waals surface area contributed by atoms with Gasteiger partial charge in [0.05, 0.1) is 6.61 Å². The van der Waals surface area contributed by atoms with Crippen molar-refractivity contribution in [2.24, 2.45) is 0 Å². The molecule has 1 N–H and O–H groups in total. The van der Waals surface area contributed by atoms with Crippen LogP contribution in [0.1, 0.15) is 31.0 Å². The van der Waals surface area contributed by atoms with Crippen LogP contribution in [-0.2, 0) is 0 Å². The summed E-state index contributed by atoms with van der Waals surface area (Å²) in [6.07, 6.45) is 0. The second kappa shape index (κ2) is 6.28. The molecule has 0 bridgehead atoms. The normalized spacial score (nSPS) is 11.9. The summed E-state index contributed by atoms with van der Waals surface area (Å²) in [5.41, 5.74) is 3.64. The van der Waals surface area contributed by atoms with Crippen LogP contribution in [0.15, 0.2) is 48.5 Å². The van der Waals surface area contributed by atoms with E-state index in [2.05, 4.69) is 55.6 Å². The van der Waals surface area contributed by atoms with Crippen molar-refractivity contribution >= 4 is 5.69 Å². The van der Waals surface area contributed by atoms with Gasteiger partial charge in [-0.3, -0.25) is 0 Å². The predicted octanol–water partition coefficient (Wildman–Crippen LogP) is 4.57. The third-order valence-corrected chi connectivity index (χ3v) is 3.18. The largest absolute Gasteiger partial charge is 0.494 e. The van der Waals surface area contributed by atoms with Gasteiger partial charge in [-0.25, -0.2) is 0 Å². The Labute approximate surface area is 115 Å². The highest BCUT2D eigenvalue weighted by Crippen LogP contribution is 2.25. The highest BCUT2D eigenvalue weighted by atomic mass is 16.5. The molecule has 2 nitrogen and oxygen atoms in total. The van der Waals surface area contributed by atoms with Crippen LogP contribution in [0.25, 0.3) is 0 Å². The minimum Gasteiger partial charge on any atom is -0.494 e. The summed E-state index contributed by atoms with van der Waals surface area (Å²) in [5.74, 6) is 0.929. The molecule has 0 aliphatic heterocycles. The Hall–Kier alpha value is -1.96. The molecule has 0 amide bonds. The van der Waals surface area contributed by atoms with E-state index in [0.717, 1.165) is 11.4 Å². The van der Waals surface area contributed by atoms with E-state index in [9.17, 15) is 0 Å². The van der Waals surface area contributed by atoms with E-state index < -0.39 is 0 Å². The number of hydrogen-bond donors (Lipinski definition) is 1. The van der Waals surface area contributed by atoms with E-state index in [1.54, 1.807) is 0 Å². The molecule has 0 radical (unpaired) electrons. The molecule has 2 aromatic rings. The van der Waals surface area contributed by atoms with Crippen LogP contribution in [0.4, 0.5) is 5.69 Å². The van der Waals surface area contributed by atoms with Gasteiger partial charge in [0.1, 0.15) is 5.75 Å². The fourth-order valence-corrected chi connectivity index (χ4v) is 2.11. The Kier molecular flexibility index (Phi) is 4.45. The molecule has 2 rings (SSSR count). The zero-order valence-corrected chi connectivity index (χ0v) is 11.8. The van der Waals surface area contributed by atoms with E-state index in [-0.39, 0.29) is 6.04 Å². The first-order valence-corrected chi connectivity index (χ1v) is 6.75. The van der Waals surface area contributed by atoms with Crippen molar-refractivity contribution in [2.45, 2.75) is 26.8 Å². The van der Waals surface area contributed by atoms with Crippen LogP contribution in [0, 0.1) is 6.92 Å². The van der Waals surface area contributed by atoms with Gasteiger partial charge < -0.3 is 10.1 Å². The molecule has 1 atom stereocenters. The number of nitrogens with one attached hydrogen (secondary N) is 1. The maximum atomic E-state index is 5.50. The summed E-state index contributed by atoms with van der Waals surface area (Å²) in [4.78, 5) is 0. The van der Waals surface area contributed by atoms with Crippen molar-refractivity contribution in [2.75, 3.05) is 11.9 Å². The van der Waals surface area contributed by atoms with Gasteiger partial charge in [-0.15, -0.1) is 0 Å². The van der Waals surface area contributed by atoms with Gasteiger partial charge in [0, 0.05) is 11.7 Å². The number of anilines is 1. The molecule has 0 fully saturated rings. The molecule has 0 aromatic heterocycles. The summed E-state index contributed by atoms with van der Waals surface area (Å²) < 4.78 is 5.50. The molecule has 0 aliphatic carbocycles. The minimum atomic E-state index is 0.290. The third kappa shape index (κ3) is 3.50. The first kappa shape index (κ1) is 13.5. The van der Waals surface area contributed by atoms with Crippen LogP contribution in [-0.4, -0.2) is 6.61 Å². The Morgan fingerprint density at radius 1 is 1.11 bits per heavy atom. The van der Waals surface area contributed by atoms with E-state index in [1.807, 2.05) is 19.1 Å². The summed E-state index contributed by atoms with van der Waals surface area (Å²) >= 11 is 0. The zero-order valence-electron chi connectivity index (χ0n) is 11.8. The molecule has 2 aromatic carbocycles. The van der Waals surface area contributed by atoms with Crippen LogP contribution < -0.4 is 10.1 Å². The standard InChI is InChI=1S/C17H21NO/c1-4-19-16-10-11-17(13(2)12-16)18-14(3)15-8-6-5-7-9-15/h5-12,14,18H,4H2,1-3H3. The zero-order chi connectivity index (χ0) is 13.7. The predicted molar refractivity (Wildman–Crippen MR) is 80.8 cm³/mol. The molecule has 0 saturated carbocycles. The van der Waals surface area contributed by atoms with Gasteiger partial charge in [-0.05, 0) is 50.1 Å². The quantitative estimate of drug-likeness (QED) is 0.845. The number of benzene rings is 2. The maximum absolute atomic E-state index is 5.50. The van der Waals surface area contributed by atoms with Gasteiger partial charge >= 0.3 is 0 Å². The summed E-state index contributed by atoms with van der Waals surface area (Å²) in [7, 11) is 0. The monoisotopic (exact) mass is 255 g/mol. The molecule has 0 saturated heterocycles. The first-order chi connectivity index (χ1) is 9.20. The Balaban J connectivity index is 2.11. The Morgan fingerprint density at radius 3 is 2.47 bits per heavy atom. The van der Waals surface area contributed by atoms with Crippen molar-refractivity contribution in [1.29, 1.82) is 0 Å². The van der Waals surface area contributed by atoms with Crippen LogP contribution in [0.5, 0.6) is 5.75 Å². The summed E-state index contributed by atoms with van der Waals surface area (Å²) in [5, 5.41) is 3.54. The molecule has 19 heavy (non-hydrogen) atoms. The van der Waals surface area contributed by atoms with E-state index >= 15 is 0 Å². The van der Waals surface area contributed by atoms with Gasteiger partial charge in [-0.2, -0.15) is 0 Å². The van der Waals surface area contributed by atoms with Crippen LogP contribution in [0.3, 0.4) is 0 Å². The Morgan fingerprint density at radius 2 is 1.84 bits per heavy atom. The van der Waals surface area contributed by atoms with Gasteiger partial charge in [0.2, 0.25) is 0 Å². The highest BCUT2D eigenvalue weighted by Gasteiger charge is 2.07. The fourth-order valence-electron chi connectivity index (χ4n) is 2.11. The third-order valence-electron chi connectivity index (χ3n) is 3.18. The lowest BCUT2D eigenvalue weighted by Gasteiger charge is -2.18. The first-order valence-electron chi connectivity index (χ1n) is 6.75. The van der Waals surface area contributed by atoms with Gasteiger partial charge in [0.25, 0.3) is 0 Å². The highest BCUT2D eigenvalue weighted by molar-refractivity contribution is 5.54. The van der Waals surface area contributed by atoms with Crippen molar-refractivity contribution < 1.29 is 4.74 Å². The maximum Gasteiger partial charge on any atom is 0.119 e. The molecule has 1 unspecified atom stereocenters. The second-order valence-corrected chi connectivity index (χ2v) is 4.69. The molecule has 0 spiro atoms. The number of aryl methyl sites for hydroxylation is 1. The molecule has 0 heterocycles. The van der Waals surface area contributed by atoms with Crippen LogP contribution >= 0.6 is 0 Å². The molecular weight excluding hydrogens is 234 g/mol. The summed E-state index contributed by atoms with van der Waals surface area (Å²) in [6.45, 7) is 6.97. The number of rotatable bonds is 5. The van der Waals surface area contributed by atoms with E-state index in [4.69, 9.17) is 4.74 Å². The lowest BCUT2D eigenvalue weighted by atomic mass is 10.1. The average molecular weight is 255 g/mol. The number of hydrogen-bond acceptors (Lipinski definition) is 2. The minimum absolute atomic E-state index is 0.290. The van der Waals surface area contributed by atoms with Crippen molar-refractivity contribution in [3.05, 3.63) is 59.7 Å². The van der Waals surface area contributed by atoms with Gasteiger partial charge in [0.15, 0.2) is 0 Å². The second-order valence-electron chi connectivity index (χ2n) is 4.69. The molecule has 2 heteroatoms. The molecule has 0 aliphatic rings. The molecular formula is C17H21NO. The summed E-state index contributed by atoms with van der Waals surface area (Å²) in [6, 6.07) is 16.9. The smallest absolute Gasteiger partial charge is 0.119 e. The van der Waals surface area contributed by atoms with Crippen molar-refractivity contribution in [3.8, 4) is 5.75 Å². The topological polar surface area (TPSA) is 21.3 Å². The lowest BCUT2D eigenvalue weighted by Crippen LogP contribution is -2.07. The number of ether oxygens (including phenoxy) is 1. The fraction of sp³-hybridized carbons (Fsp3) is 0.294. The molecule has 100 valence electrons. The average Bonchev–Trinajstić information content (AvgIpc) is 2.43. The van der Waals surface area contributed by atoms with Gasteiger partial charge in [-0.1, -0.05) is 30.3 Å². The van der Waals surface area contributed by atoms with E-state index in [1.165, 1.54) is 11.1 Å². The Bertz CT molecular complexity index is 522. The lowest BCUT2D eigenvalue weighted by molar-refractivity contribution is 0.340.